The van der Waals surface area contributed by atoms with Gasteiger partial charge < -0.3 is 0 Å². The van der Waals surface area contributed by atoms with E-state index in [1.807, 2.05) is 12.1 Å². The van der Waals surface area contributed by atoms with E-state index in [0.29, 0.717) is 0 Å². The highest BCUT2D eigenvalue weighted by Gasteiger charge is 2.37. The molecule has 1 aromatic heterocycles. The highest BCUT2D eigenvalue weighted by atomic mass is 15.1. The summed E-state index contributed by atoms with van der Waals surface area (Å²) in [5, 5.41) is 17.0. The molecule has 0 aromatic carbocycles. The van der Waals surface area contributed by atoms with Crippen LogP contribution in [0.25, 0.3) is 0 Å². The summed E-state index contributed by atoms with van der Waals surface area (Å²) >= 11 is 0. The molecule has 1 fully saturated rings. The summed E-state index contributed by atoms with van der Waals surface area (Å²) in [7, 11) is 0. The number of hydrogen-bond donors (Lipinski definition) is 0. The molecule has 1 aliphatic carbocycles. The van der Waals surface area contributed by atoms with Crippen LogP contribution >= 0.6 is 0 Å². The Kier molecular flexibility index (Phi) is 1.97. The molecule has 1 aromatic rings. The molecule has 0 radical (unpaired) electrons. The van der Waals surface area contributed by atoms with Crippen LogP contribution in [-0.4, -0.2) is 10.2 Å². The lowest BCUT2D eigenvalue weighted by Crippen LogP contribution is -2.21. The van der Waals surface area contributed by atoms with Gasteiger partial charge in [0.05, 0.1) is 11.8 Å². The Hall–Kier alpha value is -1.43. The fourth-order valence-corrected chi connectivity index (χ4v) is 1.96. The van der Waals surface area contributed by atoms with Crippen LogP contribution in [0.1, 0.15) is 31.4 Å². The Bertz CT molecular complexity index is 320. The second kappa shape index (κ2) is 3.14. The zero-order chi connectivity index (χ0) is 9.15. The van der Waals surface area contributed by atoms with Gasteiger partial charge >= 0.3 is 0 Å². The SMILES string of the molecule is N#CC1(c2cccnn2)CCCC1. The molecular formula is C10H11N3. The van der Waals surface area contributed by atoms with E-state index >= 15 is 0 Å². The van der Waals surface area contributed by atoms with Gasteiger partial charge in [0, 0.05) is 6.20 Å². The van der Waals surface area contributed by atoms with Crippen molar-refractivity contribution >= 4 is 0 Å². The fourth-order valence-electron chi connectivity index (χ4n) is 1.96. The Morgan fingerprint density at radius 2 is 2.15 bits per heavy atom. The van der Waals surface area contributed by atoms with Crippen molar-refractivity contribution in [2.75, 3.05) is 0 Å². The van der Waals surface area contributed by atoms with Crippen LogP contribution in [-0.2, 0) is 5.41 Å². The third kappa shape index (κ3) is 1.29. The molecule has 0 aliphatic heterocycles. The molecule has 0 unspecified atom stereocenters. The zero-order valence-corrected chi connectivity index (χ0v) is 7.40. The summed E-state index contributed by atoms with van der Waals surface area (Å²) in [6.07, 6.45) is 5.77. The topological polar surface area (TPSA) is 49.6 Å². The Morgan fingerprint density at radius 1 is 1.38 bits per heavy atom. The maximum Gasteiger partial charge on any atom is 0.101 e. The Balaban J connectivity index is 2.38. The van der Waals surface area contributed by atoms with Gasteiger partial charge in [-0.3, -0.25) is 0 Å². The molecule has 13 heavy (non-hydrogen) atoms. The number of rotatable bonds is 1. The number of aromatic nitrogens is 2. The predicted octanol–water partition coefficient (Wildman–Crippen LogP) is 1.81. The van der Waals surface area contributed by atoms with Crippen molar-refractivity contribution in [3.05, 3.63) is 24.0 Å². The van der Waals surface area contributed by atoms with Gasteiger partial charge in [-0.15, -0.1) is 0 Å². The van der Waals surface area contributed by atoms with Crippen molar-refractivity contribution in [2.45, 2.75) is 31.1 Å². The average Bonchev–Trinajstić information content (AvgIpc) is 2.69. The van der Waals surface area contributed by atoms with Crippen molar-refractivity contribution < 1.29 is 0 Å². The molecule has 3 nitrogen and oxygen atoms in total. The molecule has 0 saturated heterocycles. The summed E-state index contributed by atoms with van der Waals surface area (Å²) in [5.74, 6) is 0. The van der Waals surface area contributed by atoms with Crippen molar-refractivity contribution in [1.29, 1.82) is 5.26 Å². The van der Waals surface area contributed by atoms with Crippen LogP contribution in [0.15, 0.2) is 18.3 Å². The third-order valence-corrected chi connectivity index (χ3v) is 2.73. The first kappa shape index (κ1) is 8.18. The molecule has 1 heterocycles. The lowest BCUT2D eigenvalue weighted by atomic mass is 9.84. The van der Waals surface area contributed by atoms with E-state index < -0.39 is 0 Å². The van der Waals surface area contributed by atoms with Gasteiger partial charge in [-0.25, -0.2) is 0 Å². The molecule has 66 valence electrons. The maximum atomic E-state index is 9.15. The van der Waals surface area contributed by atoms with Crippen molar-refractivity contribution in [2.24, 2.45) is 0 Å². The van der Waals surface area contributed by atoms with Crippen LogP contribution in [0, 0.1) is 11.3 Å². The standard InChI is InChI=1S/C10H11N3/c11-8-10(5-1-2-6-10)9-4-3-7-12-13-9/h3-4,7H,1-2,5-6H2. The average molecular weight is 173 g/mol. The van der Waals surface area contributed by atoms with Crippen molar-refractivity contribution in [3.63, 3.8) is 0 Å². The number of hydrogen-bond acceptors (Lipinski definition) is 3. The van der Waals surface area contributed by atoms with Crippen LogP contribution in [0.4, 0.5) is 0 Å². The summed E-state index contributed by atoms with van der Waals surface area (Å²) in [4.78, 5) is 0. The second-order valence-electron chi connectivity index (χ2n) is 3.51. The molecular weight excluding hydrogens is 162 g/mol. The largest absolute Gasteiger partial charge is 0.197 e. The van der Waals surface area contributed by atoms with E-state index in [0.717, 1.165) is 31.4 Å². The molecule has 1 aliphatic rings. The van der Waals surface area contributed by atoms with Crippen LogP contribution in [0.2, 0.25) is 0 Å². The van der Waals surface area contributed by atoms with Crippen LogP contribution < -0.4 is 0 Å². The van der Waals surface area contributed by atoms with Gasteiger partial charge in [0.2, 0.25) is 0 Å². The van der Waals surface area contributed by atoms with Gasteiger partial charge in [-0.05, 0) is 25.0 Å². The zero-order valence-electron chi connectivity index (χ0n) is 7.40. The molecule has 0 spiro atoms. The van der Waals surface area contributed by atoms with Gasteiger partial charge in [0.25, 0.3) is 0 Å². The summed E-state index contributed by atoms with van der Waals surface area (Å²) in [6, 6.07) is 6.14. The Labute approximate surface area is 77.4 Å². The smallest absolute Gasteiger partial charge is 0.101 e. The predicted molar refractivity (Wildman–Crippen MR) is 47.8 cm³/mol. The first-order valence-electron chi connectivity index (χ1n) is 4.57. The third-order valence-electron chi connectivity index (χ3n) is 2.73. The first-order valence-corrected chi connectivity index (χ1v) is 4.57. The van der Waals surface area contributed by atoms with E-state index in [2.05, 4.69) is 16.3 Å². The molecule has 0 bridgehead atoms. The van der Waals surface area contributed by atoms with Crippen LogP contribution in [0.3, 0.4) is 0 Å². The van der Waals surface area contributed by atoms with Crippen molar-refractivity contribution in [3.8, 4) is 6.07 Å². The molecule has 1 saturated carbocycles. The first-order chi connectivity index (χ1) is 6.37. The normalized spacial score (nSPS) is 19.6. The lowest BCUT2D eigenvalue weighted by molar-refractivity contribution is 0.545. The quantitative estimate of drug-likeness (QED) is 0.650. The van der Waals surface area contributed by atoms with Crippen molar-refractivity contribution in [1.82, 2.24) is 10.2 Å². The van der Waals surface area contributed by atoms with Gasteiger partial charge in [0.15, 0.2) is 0 Å². The molecule has 2 rings (SSSR count). The lowest BCUT2D eigenvalue weighted by Gasteiger charge is -2.17. The number of nitrogens with zero attached hydrogens (tertiary/aromatic N) is 3. The van der Waals surface area contributed by atoms with E-state index in [1.54, 1.807) is 6.20 Å². The molecule has 0 atom stereocenters. The van der Waals surface area contributed by atoms with Crippen LogP contribution in [0.5, 0.6) is 0 Å². The van der Waals surface area contributed by atoms with Gasteiger partial charge in [-0.1, -0.05) is 12.8 Å². The van der Waals surface area contributed by atoms with E-state index in [4.69, 9.17) is 5.26 Å². The highest BCUT2D eigenvalue weighted by Crippen LogP contribution is 2.38. The Morgan fingerprint density at radius 3 is 2.69 bits per heavy atom. The minimum atomic E-state index is -0.339. The summed E-state index contributed by atoms with van der Waals surface area (Å²) < 4.78 is 0. The second-order valence-corrected chi connectivity index (χ2v) is 3.51. The molecule has 0 N–H and O–H groups in total. The number of nitriles is 1. The minimum absolute atomic E-state index is 0.339. The van der Waals surface area contributed by atoms with Gasteiger partial charge in [0.1, 0.15) is 5.41 Å². The summed E-state index contributed by atoms with van der Waals surface area (Å²) in [5.41, 5.74) is 0.504. The van der Waals surface area contributed by atoms with E-state index in [9.17, 15) is 0 Å². The maximum absolute atomic E-state index is 9.15. The fraction of sp³-hybridized carbons (Fsp3) is 0.500. The minimum Gasteiger partial charge on any atom is -0.197 e. The molecule has 0 amide bonds. The highest BCUT2D eigenvalue weighted by molar-refractivity contribution is 5.26. The van der Waals surface area contributed by atoms with E-state index in [1.165, 1.54) is 0 Å². The van der Waals surface area contributed by atoms with Gasteiger partial charge in [-0.2, -0.15) is 15.5 Å². The summed E-state index contributed by atoms with van der Waals surface area (Å²) in [6.45, 7) is 0. The molecule has 3 heteroatoms. The van der Waals surface area contributed by atoms with E-state index in [-0.39, 0.29) is 5.41 Å². The monoisotopic (exact) mass is 173 g/mol.